The molecule has 1 saturated heterocycles. The molecule has 0 bridgehead atoms. The van der Waals surface area contributed by atoms with Gasteiger partial charge in [0.05, 0.1) is 12.7 Å². The van der Waals surface area contributed by atoms with Gasteiger partial charge in [0.15, 0.2) is 5.96 Å². The van der Waals surface area contributed by atoms with Crippen molar-refractivity contribution >= 4 is 17.8 Å². The van der Waals surface area contributed by atoms with E-state index in [0.717, 1.165) is 44.9 Å². The third kappa shape index (κ3) is 5.39. The average Bonchev–Trinajstić information content (AvgIpc) is 3.07. The molecule has 0 radical (unpaired) electrons. The van der Waals surface area contributed by atoms with E-state index < -0.39 is 5.54 Å². The molecule has 2 aliphatic carbocycles. The Morgan fingerprint density at radius 1 is 1.15 bits per heavy atom. The molecule has 7 nitrogen and oxygen atoms in total. The highest BCUT2D eigenvalue weighted by atomic mass is 16.5. The molecule has 3 fully saturated rings. The normalized spacial score (nSPS) is 28.0. The second-order valence-electron chi connectivity index (χ2n) is 10.6. The number of likely N-dealkylation sites (N-methyl/N-ethyl adjacent to an activating group) is 1. The van der Waals surface area contributed by atoms with Crippen molar-refractivity contribution in [1.82, 2.24) is 15.5 Å². The maximum atomic E-state index is 13.3. The first-order valence-electron chi connectivity index (χ1n) is 13.0. The van der Waals surface area contributed by atoms with Crippen molar-refractivity contribution in [1.29, 1.82) is 5.41 Å². The van der Waals surface area contributed by atoms with Crippen LogP contribution in [0.25, 0.3) is 0 Å². The SMILES string of the molecule is COc1ccccc1C(=O)NC1CCC[C@H](C[C@@]2(CCC3CCCCC3)NC(=N)N(C)C2=O)C1. The minimum Gasteiger partial charge on any atom is -0.496 e. The number of benzene rings is 1. The third-order valence-corrected chi connectivity index (χ3v) is 8.22. The van der Waals surface area contributed by atoms with Crippen LogP contribution in [0.15, 0.2) is 24.3 Å². The van der Waals surface area contributed by atoms with Crippen LogP contribution in [-0.2, 0) is 4.79 Å². The molecule has 3 atom stereocenters. The van der Waals surface area contributed by atoms with E-state index in [4.69, 9.17) is 10.1 Å². The molecule has 2 saturated carbocycles. The Balaban J connectivity index is 1.41. The van der Waals surface area contributed by atoms with Crippen LogP contribution >= 0.6 is 0 Å². The lowest BCUT2D eigenvalue weighted by molar-refractivity contribution is -0.131. The largest absolute Gasteiger partial charge is 0.496 e. The minimum absolute atomic E-state index is 0.0356. The number of carbonyl (C=O) groups is 2. The van der Waals surface area contributed by atoms with Gasteiger partial charge in [0.2, 0.25) is 0 Å². The van der Waals surface area contributed by atoms with E-state index in [9.17, 15) is 9.59 Å². The molecule has 34 heavy (non-hydrogen) atoms. The second kappa shape index (κ2) is 10.8. The van der Waals surface area contributed by atoms with Gasteiger partial charge in [-0.3, -0.25) is 19.9 Å². The van der Waals surface area contributed by atoms with Crippen LogP contribution in [0.5, 0.6) is 5.75 Å². The fourth-order valence-electron chi connectivity index (χ4n) is 6.32. The Morgan fingerprint density at radius 2 is 1.88 bits per heavy atom. The van der Waals surface area contributed by atoms with Crippen LogP contribution in [0.3, 0.4) is 0 Å². The minimum atomic E-state index is -0.678. The third-order valence-electron chi connectivity index (χ3n) is 8.22. The molecule has 1 aromatic carbocycles. The van der Waals surface area contributed by atoms with E-state index in [1.54, 1.807) is 26.3 Å². The number of guanidine groups is 1. The van der Waals surface area contributed by atoms with Gasteiger partial charge in [-0.05, 0) is 56.1 Å². The summed E-state index contributed by atoms with van der Waals surface area (Å²) in [5.74, 6) is 1.75. The monoisotopic (exact) mass is 468 g/mol. The highest BCUT2D eigenvalue weighted by Crippen LogP contribution is 2.38. The molecule has 4 rings (SSSR count). The number of hydrogen-bond donors (Lipinski definition) is 3. The quantitative estimate of drug-likeness (QED) is 0.525. The molecule has 2 amide bonds. The number of nitrogens with one attached hydrogen (secondary N) is 3. The Morgan fingerprint density at radius 3 is 2.59 bits per heavy atom. The van der Waals surface area contributed by atoms with Crippen molar-refractivity contribution in [3.63, 3.8) is 0 Å². The van der Waals surface area contributed by atoms with Gasteiger partial charge in [0, 0.05) is 13.1 Å². The summed E-state index contributed by atoms with van der Waals surface area (Å²) < 4.78 is 5.36. The van der Waals surface area contributed by atoms with Gasteiger partial charge in [-0.25, -0.2) is 0 Å². The number of methoxy groups -OCH3 is 1. The summed E-state index contributed by atoms with van der Waals surface area (Å²) >= 11 is 0. The molecular weight excluding hydrogens is 428 g/mol. The fourth-order valence-corrected chi connectivity index (χ4v) is 6.32. The molecule has 7 heteroatoms. The van der Waals surface area contributed by atoms with Gasteiger partial charge < -0.3 is 15.4 Å². The summed E-state index contributed by atoms with van der Waals surface area (Å²) in [4.78, 5) is 27.7. The Bertz CT molecular complexity index is 898. The number of carbonyl (C=O) groups excluding carboxylic acids is 2. The molecule has 0 aromatic heterocycles. The molecule has 1 aromatic rings. The second-order valence-corrected chi connectivity index (χ2v) is 10.6. The van der Waals surface area contributed by atoms with Gasteiger partial charge in [0.25, 0.3) is 11.8 Å². The van der Waals surface area contributed by atoms with Crippen LogP contribution in [0.2, 0.25) is 0 Å². The van der Waals surface area contributed by atoms with Crippen LogP contribution in [0.4, 0.5) is 0 Å². The molecule has 1 aliphatic heterocycles. The molecule has 1 unspecified atom stereocenters. The van der Waals surface area contributed by atoms with Gasteiger partial charge in [-0.2, -0.15) is 0 Å². The smallest absolute Gasteiger partial charge is 0.255 e. The van der Waals surface area contributed by atoms with Crippen molar-refractivity contribution < 1.29 is 14.3 Å². The maximum absolute atomic E-state index is 13.3. The van der Waals surface area contributed by atoms with Crippen molar-refractivity contribution in [2.24, 2.45) is 11.8 Å². The molecular formula is C27H40N4O3. The molecule has 3 aliphatic rings. The fraction of sp³-hybridized carbons (Fsp3) is 0.667. The zero-order valence-corrected chi connectivity index (χ0v) is 20.7. The summed E-state index contributed by atoms with van der Waals surface area (Å²) in [6, 6.07) is 7.38. The molecule has 3 N–H and O–H groups in total. The highest BCUT2D eigenvalue weighted by molar-refractivity contribution is 6.07. The maximum Gasteiger partial charge on any atom is 0.255 e. The summed E-state index contributed by atoms with van der Waals surface area (Å²) in [6.07, 6.45) is 12.9. The summed E-state index contributed by atoms with van der Waals surface area (Å²) in [7, 11) is 3.28. The number of nitrogens with zero attached hydrogens (tertiary/aromatic N) is 1. The van der Waals surface area contributed by atoms with Gasteiger partial charge >= 0.3 is 0 Å². The molecule has 186 valence electrons. The molecule has 1 heterocycles. The number of ether oxygens (including phenoxy) is 1. The van der Waals surface area contributed by atoms with Crippen LogP contribution in [0.1, 0.15) is 87.4 Å². The van der Waals surface area contributed by atoms with E-state index in [0.29, 0.717) is 23.1 Å². The predicted octanol–water partition coefficient (Wildman–Crippen LogP) is 4.47. The predicted molar refractivity (Wildman–Crippen MR) is 133 cm³/mol. The Kier molecular flexibility index (Phi) is 7.79. The lowest BCUT2D eigenvalue weighted by Gasteiger charge is -2.36. The lowest BCUT2D eigenvalue weighted by Crippen LogP contribution is -2.50. The average molecular weight is 469 g/mol. The standard InChI is InChI=1S/C27H40N4O3/c1-31-25(33)27(30-26(31)28,16-15-19-9-4-3-5-10-19)18-20-11-8-12-21(17-20)29-24(32)22-13-6-7-14-23(22)34-2/h6-7,13-14,19-21H,3-5,8-12,15-18H2,1-2H3,(H2,28,30)(H,29,32)/t20-,21?,27+/m0/s1. The van der Waals surface area contributed by atoms with E-state index in [1.807, 2.05) is 12.1 Å². The van der Waals surface area contributed by atoms with E-state index in [1.165, 1.54) is 37.0 Å². The first kappa shape index (κ1) is 24.6. The highest BCUT2D eigenvalue weighted by Gasteiger charge is 2.49. The topological polar surface area (TPSA) is 94.5 Å². The van der Waals surface area contributed by atoms with Gasteiger partial charge in [0.1, 0.15) is 11.3 Å². The Labute approximate surface area is 203 Å². The summed E-state index contributed by atoms with van der Waals surface area (Å²) in [6.45, 7) is 0. The first-order valence-corrected chi connectivity index (χ1v) is 13.0. The van der Waals surface area contributed by atoms with Crippen molar-refractivity contribution in [2.75, 3.05) is 14.2 Å². The van der Waals surface area contributed by atoms with Crippen molar-refractivity contribution in [3.8, 4) is 5.75 Å². The first-order chi connectivity index (χ1) is 16.4. The summed E-state index contributed by atoms with van der Waals surface area (Å²) in [5.41, 5.74) is -0.124. The number of para-hydroxylation sites is 1. The zero-order valence-electron chi connectivity index (χ0n) is 20.7. The number of hydrogen-bond acceptors (Lipinski definition) is 4. The van der Waals surface area contributed by atoms with Crippen molar-refractivity contribution in [2.45, 2.75) is 88.6 Å². The van der Waals surface area contributed by atoms with E-state index >= 15 is 0 Å². The summed E-state index contributed by atoms with van der Waals surface area (Å²) in [5, 5.41) is 14.8. The van der Waals surface area contributed by atoms with Crippen LogP contribution in [0, 0.1) is 17.2 Å². The molecule has 0 spiro atoms. The zero-order chi connectivity index (χ0) is 24.1. The number of amides is 2. The van der Waals surface area contributed by atoms with E-state index in [2.05, 4.69) is 10.6 Å². The van der Waals surface area contributed by atoms with Crippen molar-refractivity contribution in [3.05, 3.63) is 29.8 Å². The van der Waals surface area contributed by atoms with E-state index in [-0.39, 0.29) is 23.8 Å². The number of rotatable bonds is 8. The van der Waals surface area contributed by atoms with Crippen LogP contribution < -0.4 is 15.4 Å². The Hall–Kier alpha value is -2.57. The van der Waals surface area contributed by atoms with Crippen LogP contribution in [-0.4, -0.2) is 48.4 Å². The van der Waals surface area contributed by atoms with Gasteiger partial charge in [-0.1, -0.05) is 57.1 Å². The lowest BCUT2D eigenvalue weighted by atomic mass is 9.74. The van der Waals surface area contributed by atoms with Gasteiger partial charge in [-0.15, -0.1) is 0 Å².